The van der Waals surface area contributed by atoms with E-state index >= 15 is 0 Å². The van der Waals surface area contributed by atoms with Crippen molar-refractivity contribution in [3.8, 4) is 0 Å². The summed E-state index contributed by atoms with van der Waals surface area (Å²) in [6.45, 7) is 0.682. The number of thiazole rings is 1. The Morgan fingerprint density at radius 2 is 2.50 bits per heavy atom. The number of hydrogen-bond donors (Lipinski definition) is 2. The quantitative estimate of drug-likeness (QED) is 0.774. The number of hydrogen-bond acceptors (Lipinski definition) is 5. The largest absolute Gasteiger partial charge is 0.476 e. The number of carboxylic acids is 1. The molecule has 0 aromatic carbocycles. The van der Waals surface area contributed by atoms with Gasteiger partial charge in [-0.1, -0.05) is 11.3 Å². The second-order valence-electron chi connectivity index (χ2n) is 3.07. The molecule has 5 nitrogen and oxygen atoms in total. The lowest BCUT2D eigenvalue weighted by Gasteiger charge is -2.06. The fraction of sp³-hybridized carbons (Fsp3) is 0.500. The van der Waals surface area contributed by atoms with Gasteiger partial charge in [0, 0.05) is 6.61 Å². The van der Waals surface area contributed by atoms with Crippen molar-refractivity contribution in [3.05, 3.63) is 10.6 Å². The van der Waals surface area contributed by atoms with Crippen LogP contribution >= 0.6 is 11.3 Å². The highest BCUT2D eigenvalue weighted by Gasteiger charge is 2.27. The number of anilines is 1. The maximum atomic E-state index is 10.8. The number of nitrogens with zero attached hydrogens (tertiary/aromatic N) is 1. The van der Waals surface area contributed by atoms with E-state index in [9.17, 15) is 4.79 Å². The molecule has 1 atom stereocenters. The summed E-state index contributed by atoms with van der Waals surface area (Å²) in [5.41, 5.74) is 5.51. The van der Waals surface area contributed by atoms with E-state index in [-0.39, 0.29) is 16.9 Å². The van der Waals surface area contributed by atoms with Crippen LogP contribution in [0.2, 0.25) is 0 Å². The van der Waals surface area contributed by atoms with E-state index in [4.69, 9.17) is 15.6 Å². The lowest BCUT2D eigenvalue weighted by molar-refractivity contribution is 0.0677. The molecule has 0 radical (unpaired) electrons. The Balaban J connectivity index is 2.35. The highest BCUT2D eigenvalue weighted by atomic mass is 32.1. The highest BCUT2D eigenvalue weighted by molar-refractivity contribution is 7.15. The fourth-order valence-electron chi connectivity index (χ4n) is 1.50. The number of carbonyl (C=O) groups is 1. The first kappa shape index (κ1) is 9.42. The average Bonchev–Trinajstić information content (AvgIpc) is 2.70. The second kappa shape index (κ2) is 3.55. The molecule has 1 aliphatic heterocycles. The average molecular weight is 214 g/mol. The third kappa shape index (κ3) is 1.58. The lowest BCUT2D eigenvalue weighted by atomic mass is 10.2. The summed E-state index contributed by atoms with van der Waals surface area (Å²) in [4.78, 5) is 15.2. The minimum Gasteiger partial charge on any atom is -0.476 e. The van der Waals surface area contributed by atoms with Gasteiger partial charge >= 0.3 is 5.97 Å². The van der Waals surface area contributed by atoms with Gasteiger partial charge in [0.1, 0.15) is 0 Å². The number of ether oxygens (including phenoxy) is 1. The fourth-order valence-corrected chi connectivity index (χ4v) is 2.41. The molecule has 14 heavy (non-hydrogen) atoms. The Bertz CT molecular complexity index is 357. The van der Waals surface area contributed by atoms with Crippen LogP contribution in [0.15, 0.2) is 0 Å². The van der Waals surface area contributed by atoms with E-state index in [1.54, 1.807) is 0 Å². The monoisotopic (exact) mass is 214 g/mol. The van der Waals surface area contributed by atoms with Crippen molar-refractivity contribution in [2.45, 2.75) is 18.9 Å². The smallest absolute Gasteiger partial charge is 0.355 e. The molecule has 1 aromatic heterocycles. The minimum atomic E-state index is -1.04. The minimum absolute atomic E-state index is 0.0411. The maximum absolute atomic E-state index is 10.8. The molecule has 2 rings (SSSR count). The predicted molar refractivity (Wildman–Crippen MR) is 51.4 cm³/mol. The first-order valence-corrected chi connectivity index (χ1v) is 5.11. The topological polar surface area (TPSA) is 85.4 Å². The predicted octanol–water partition coefficient (Wildman–Crippen LogP) is 1.28. The lowest BCUT2D eigenvalue weighted by Crippen LogP contribution is -2.04. The van der Waals surface area contributed by atoms with Crippen molar-refractivity contribution in [1.29, 1.82) is 0 Å². The molecule has 6 heteroatoms. The molecular weight excluding hydrogens is 204 g/mol. The van der Waals surface area contributed by atoms with Crippen LogP contribution in [0.4, 0.5) is 5.13 Å². The SMILES string of the molecule is Nc1nc(C(=O)O)c(C2CCCO2)s1. The van der Waals surface area contributed by atoms with Gasteiger partial charge in [-0.25, -0.2) is 9.78 Å². The molecule has 0 saturated carbocycles. The highest BCUT2D eigenvalue weighted by Crippen LogP contribution is 2.35. The standard InChI is InChI=1S/C8H10N2O3S/c9-8-10-5(7(11)12)6(14-8)4-2-1-3-13-4/h4H,1-3H2,(H2,9,10)(H,11,12). The van der Waals surface area contributed by atoms with E-state index in [0.717, 1.165) is 12.8 Å². The first-order chi connectivity index (χ1) is 6.68. The van der Waals surface area contributed by atoms with Crippen LogP contribution in [0, 0.1) is 0 Å². The van der Waals surface area contributed by atoms with Gasteiger partial charge in [0.15, 0.2) is 10.8 Å². The van der Waals surface area contributed by atoms with Crippen LogP contribution in [0.1, 0.15) is 34.3 Å². The normalized spacial score (nSPS) is 21.3. The van der Waals surface area contributed by atoms with Crippen LogP contribution in [0.5, 0.6) is 0 Å². The third-order valence-corrected chi connectivity index (χ3v) is 3.07. The Kier molecular flexibility index (Phi) is 2.39. The van der Waals surface area contributed by atoms with Gasteiger partial charge in [-0.3, -0.25) is 0 Å². The summed E-state index contributed by atoms with van der Waals surface area (Å²) in [6.07, 6.45) is 1.68. The number of carboxylic acid groups (broad SMARTS) is 1. The zero-order chi connectivity index (χ0) is 10.1. The van der Waals surface area contributed by atoms with Crippen LogP contribution in [-0.4, -0.2) is 22.7 Å². The molecule has 1 fully saturated rings. The van der Waals surface area contributed by atoms with Crippen molar-refractivity contribution in [2.24, 2.45) is 0 Å². The van der Waals surface area contributed by atoms with Gasteiger partial charge in [0.2, 0.25) is 0 Å². The summed E-state index contributed by atoms with van der Waals surface area (Å²) in [6, 6.07) is 0. The van der Waals surface area contributed by atoms with Crippen LogP contribution in [0.3, 0.4) is 0 Å². The molecule has 1 unspecified atom stereocenters. The molecule has 1 saturated heterocycles. The Hall–Kier alpha value is -1.14. The van der Waals surface area contributed by atoms with Crippen molar-refractivity contribution in [3.63, 3.8) is 0 Å². The van der Waals surface area contributed by atoms with E-state index in [2.05, 4.69) is 4.98 Å². The van der Waals surface area contributed by atoms with Gasteiger partial charge in [0.05, 0.1) is 11.0 Å². The molecule has 1 aliphatic rings. The maximum Gasteiger partial charge on any atom is 0.355 e. The molecule has 0 aliphatic carbocycles. The summed E-state index contributed by atoms with van der Waals surface area (Å²) < 4.78 is 5.39. The van der Waals surface area contributed by atoms with Crippen molar-refractivity contribution in [2.75, 3.05) is 12.3 Å². The van der Waals surface area contributed by atoms with Gasteiger partial charge in [0.25, 0.3) is 0 Å². The molecule has 1 aromatic rings. The van der Waals surface area contributed by atoms with Crippen LogP contribution in [0.25, 0.3) is 0 Å². The van der Waals surface area contributed by atoms with Gasteiger partial charge < -0.3 is 15.6 Å². The summed E-state index contributed by atoms with van der Waals surface area (Å²) in [5.74, 6) is -1.04. The van der Waals surface area contributed by atoms with Crippen LogP contribution in [-0.2, 0) is 4.74 Å². The number of rotatable bonds is 2. The van der Waals surface area contributed by atoms with Crippen molar-refractivity contribution < 1.29 is 14.6 Å². The number of nitrogen functional groups attached to an aromatic ring is 1. The summed E-state index contributed by atoms with van der Waals surface area (Å²) in [5, 5.41) is 9.16. The van der Waals surface area contributed by atoms with E-state index in [0.29, 0.717) is 11.5 Å². The Labute approximate surface area is 84.5 Å². The third-order valence-electron chi connectivity index (χ3n) is 2.09. The molecular formula is C8H10N2O3S. The van der Waals surface area contributed by atoms with E-state index in [1.165, 1.54) is 11.3 Å². The Morgan fingerprint density at radius 3 is 3.07 bits per heavy atom. The van der Waals surface area contributed by atoms with Crippen molar-refractivity contribution >= 4 is 22.4 Å². The molecule has 0 amide bonds. The molecule has 0 spiro atoms. The summed E-state index contributed by atoms with van der Waals surface area (Å²) in [7, 11) is 0. The van der Waals surface area contributed by atoms with E-state index in [1.807, 2.05) is 0 Å². The van der Waals surface area contributed by atoms with Crippen LogP contribution < -0.4 is 5.73 Å². The zero-order valence-electron chi connectivity index (χ0n) is 7.40. The van der Waals surface area contributed by atoms with Crippen molar-refractivity contribution in [1.82, 2.24) is 4.98 Å². The van der Waals surface area contributed by atoms with Gasteiger partial charge in [-0.15, -0.1) is 0 Å². The number of nitrogens with two attached hydrogens (primary N) is 1. The van der Waals surface area contributed by atoms with Gasteiger partial charge in [-0.05, 0) is 12.8 Å². The molecule has 3 N–H and O–H groups in total. The first-order valence-electron chi connectivity index (χ1n) is 4.29. The zero-order valence-corrected chi connectivity index (χ0v) is 8.21. The van der Waals surface area contributed by atoms with E-state index < -0.39 is 5.97 Å². The molecule has 0 bridgehead atoms. The molecule has 76 valence electrons. The number of aromatic nitrogens is 1. The van der Waals surface area contributed by atoms with Gasteiger partial charge in [-0.2, -0.15) is 0 Å². The number of aromatic carboxylic acids is 1. The Morgan fingerprint density at radius 1 is 1.71 bits per heavy atom. The molecule has 2 heterocycles. The summed E-state index contributed by atoms with van der Waals surface area (Å²) >= 11 is 1.20. The second-order valence-corrected chi connectivity index (χ2v) is 4.13.